The van der Waals surface area contributed by atoms with Gasteiger partial charge in [-0.25, -0.2) is 0 Å². The number of nitrogens with one attached hydrogen (secondary N) is 1. The number of ether oxygens (including phenoxy) is 2. The Balaban J connectivity index is 1.79. The third-order valence-corrected chi connectivity index (χ3v) is 6.41. The number of alkyl halides is 1. The number of nitrogens with zero attached hydrogens (tertiary/aromatic N) is 1. The van der Waals surface area contributed by atoms with E-state index in [1.165, 1.54) is 5.56 Å². The fourth-order valence-electron chi connectivity index (χ4n) is 4.03. The van der Waals surface area contributed by atoms with Crippen molar-refractivity contribution in [2.75, 3.05) is 32.2 Å². The van der Waals surface area contributed by atoms with Gasteiger partial charge in [0, 0.05) is 42.4 Å². The lowest BCUT2D eigenvalue weighted by atomic mass is 10.1. The van der Waals surface area contributed by atoms with Gasteiger partial charge in [-0.15, -0.1) is 0 Å². The summed E-state index contributed by atoms with van der Waals surface area (Å²) in [7, 11) is 1.62. The average Bonchev–Trinajstić information content (AvgIpc) is 3.24. The molecular weight excluding hydrogens is 508 g/mol. The SMILES string of the molecule is CCCNC(=O)c1ccc2c(c1)CC(N(Cc1cc(Cl)ccc1OCCOC)C(=O)CBr)C2. The Morgan fingerprint density at radius 1 is 1.15 bits per heavy atom. The Bertz CT molecular complexity index is 985. The zero-order valence-corrected chi connectivity index (χ0v) is 21.4. The normalized spacial score (nSPS) is 14.6. The second-order valence-corrected chi connectivity index (χ2v) is 9.05. The van der Waals surface area contributed by atoms with Crippen molar-refractivity contribution in [3.63, 3.8) is 0 Å². The predicted molar refractivity (Wildman–Crippen MR) is 133 cm³/mol. The van der Waals surface area contributed by atoms with Gasteiger partial charge in [-0.05, 0) is 60.7 Å². The van der Waals surface area contributed by atoms with Gasteiger partial charge in [0.25, 0.3) is 5.91 Å². The van der Waals surface area contributed by atoms with Crippen molar-refractivity contribution in [3.05, 3.63) is 63.7 Å². The van der Waals surface area contributed by atoms with Crippen LogP contribution in [0.25, 0.3) is 0 Å². The summed E-state index contributed by atoms with van der Waals surface area (Å²) in [5.41, 5.74) is 3.79. The highest BCUT2D eigenvalue weighted by Gasteiger charge is 2.31. The van der Waals surface area contributed by atoms with E-state index in [1.54, 1.807) is 13.2 Å². The molecule has 0 bridgehead atoms. The third kappa shape index (κ3) is 6.71. The highest BCUT2D eigenvalue weighted by atomic mass is 79.9. The fraction of sp³-hybridized carbons (Fsp3) is 0.440. The molecule has 0 fully saturated rings. The standard InChI is InChI=1S/C25H30BrClN2O4/c1-3-8-28-25(31)18-5-4-17-13-22(14-19(17)11-18)29(24(30)15-26)16-20-12-21(27)6-7-23(20)33-10-9-32-2/h4-7,11-12,22H,3,8-10,13-16H2,1-2H3,(H,28,31). The van der Waals surface area contributed by atoms with E-state index >= 15 is 0 Å². The van der Waals surface area contributed by atoms with Gasteiger partial charge >= 0.3 is 0 Å². The number of carbonyl (C=O) groups is 2. The van der Waals surface area contributed by atoms with E-state index in [0.717, 1.165) is 24.0 Å². The Morgan fingerprint density at radius 3 is 2.67 bits per heavy atom. The molecular formula is C25H30BrClN2O4. The molecule has 0 aromatic heterocycles. The molecule has 0 radical (unpaired) electrons. The monoisotopic (exact) mass is 536 g/mol. The molecule has 2 aromatic carbocycles. The second-order valence-electron chi connectivity index (χ2n) is 8.05. The average molecular weight is 538 g/mol. The van der Waals surface area contributed by atoms with Crippen molar-refractivity contribution in [2.24, 2.45) is 0 Å². The van der Waals surface area contributed by atoms with Gasteiger partial charge in [0.2, 0.25) is 5.91 Å². The number of carbonyl (C=O) groups excluding carboxylic acids is 2. The molecule has 1 N–H and O–H groups in total. The summed E-state index contributed by atoms with van der Waals surface area (Å²) >= 11 is 9.59. The van der Waals surface area contributed by atoms with Gasteiger partial charge < -0.3 is 19.7 Å². The van der Waals surface area contributed by atoms with Crippen LogP contribution in [0, 0.1) is 0 Å². The lowest BCUT2D eigenvalue weighted by Crippen LogP contribution is -2.41. The minimum atomic E-state index is -0.0618. The smallest absolute Gasteiger partial charge is 0.251 e. The van der Waals surface area contributed by atoms with Crippen LogP contribution in [0.4, 0.5) is 0 Å². The van der Waals surface area contributed by atoms with E-state index in [0.29, 0.717) is 49.1 Å². The van der Waals surface area contributed by atoms with Gasteiger partial charge in [0.1, 0.15) is 12.4 Å². The zero-order valence-electron chi connectivity index (χ0n) is 19.0. The number of amides is 2. The number of fused-ring (bicyclic) bond motifs is 1. The molecule has 0 aliphatic heterocycles. The molecule has 0 spiro atoms. The van der Waals surface area contributed by atoms with Crippen LogP contribution < -0.4 is 10.1 Å². The number of rotatable bonds is 11. The topological polar surface area (TPSA) is 67.9 Å². The van der Waals surface area contributed by atoms with E-state index < -0.39 is 0 Å². The molecule has 3 rings (SSSR count). The first kappa shape index (κ1) is 25.5. The van der Waals surface area contributed by atoms with Gasteiger partial charge in [-0.3, -0.25) is 9.59 Å². The zero-order chi connectivity index (χ0) is 23.8. The van der Waals surface area contributed by atoms with Crippen molar-refractivity contribution in [2.45, 2.75) is 38.8 Å². The maximum absolute atomic E-state index is 12.9. The summed E-state index contributed by atoms with van der Waals surface area (Å²) < 4.78 is 10.9. The number of hydrogen-bond donors (Lipinski definition) is 1. The Hall–Kier alpha value is -2.09. The Kier molecular flexibility index (Phi) is 9.59. The Morgan fingerprint density at radius 2 is 1.94 bits per heavy atom. The van der Waals surface area contributed by atoms with E-state index in [9.17, 15) is 9.59 Å². The minimum Gasteiger partial charge on any atom is -0.491 e. The molecule has 8 heteroatoms. The molecule has 0 saturated heterocycles. The van der Waals surface area contributed by atoms with Gasteiger partial charge in [0.15, 0.2) is 0 Å². The molecule has 1 aliphatic rings. The van der Waals surface area contributed by atoms with Crippen LogP contribution in [0.1, 0.15) is 40.4 Å². The summed E-state index contributed by atoms with van der Waals surface area (Å²) in [5, 5.41) is 3.74. The van der Waals surface area contributed by atoms with Crippen LogP contribution in [0.3, 0.4) is 0 Å². The lowest BCUT2D eigenvalue weighted by Gasteiger charge is -2.29. The lowest BCUT2D eigenvalue weighted by molar-refractivity contribution is -0.131. The fourth-order valence-corrected chi connectivity index (χ4v) is 4.54. The first-order valence-corrected chi connectivity index (χ1v) is 12.6. The first-order chi connectivity index (χ1) is 16.0. The van der Waals surface area contributed by atoms with Crippen LogP contribution in [-0.2, 0) is 28.9 Å². The largest absolute Gasteiger partial charge is 0.491 e. The molecule has 1 aliphatic carbocycles. The van der Waals surface area contributed by atoms with Crippen LogP contribution in [-0.4, -0.2) is 55.0 Å². The van der Waals surface area contributed by atoms with Gasteiger partial charge in [-0.2, -0.15) is 0 Å². The summed E-state index contributed by atoms with van der Waals surface area (Å²) in [6.07, 6.45) is 2.33. The summed E-state index contributed by atoms with van der Waals surface area (Å²) in [5.74, 6) is 0.624. The van der Waals surface area contributed by atoms with Gasteiger partial charge in [0.05, 0.1) is 11.9 Å². The van der Waals surface area contributed by atoms with Crippen molar-refractivity contribution >= 4 is 39.3 Å². The van der Waals surface area contributed by atoms with E-state index in [1.807, 2.05) is 42.2 Å². The summed E-state index contributed by atoms with van der Waals surface area (Å²) in [6, 6.07) is 11.3. The van der Waals surface area contributed by atoms with E-state index in [4.69, 9.17) is 21.1 Å². The molecule has 2 amide bonds. The highest BCUT2D eigenvalue weighted by Crippen LogP contribution is 2.31. The summed E-state index contributed by atoms with van der Waals surface area (Å²) in [4.78, 5) is 27.2. The van der Waals surface area contributed by atoms with Crippen LogP contribution in [0.2, 0.25) is 5.02 Å². The molecule has 1 unspecified atom stereocenters. The van der Waals surface area contributed by atoms with E-state index in [2.05, 4.69) is 21.2 Å². The van der Waals surface area contributed by atoms with Crippen molar-refractivity contribution in [3.8, 4) is 5.75 Å². The van der Waals surface area contributed by atoms with Crippen molar-refractivity contribution < 1.29 is 19.1 Å². The van der Waals surface area contributed by atoms with E-state index in [-0.39, 0.29) is 23.2 Å². The predicted octanol–water partition coefficient (Wildman–Crippen LogP) is 4.40. The quantitative estimate of drug-likeness (QED) is 0.341. The number of methoxy groups -OCH3 is 1. The summed E-state index contributed by atoms with van der Waals surface area (Å²) in [6.45, 7) is 3.95. The number of hydrogen-bond acceptors (Lipinski definition) is 4. The molecule has 33 heavy (non-hydrogen) atoms. The van der Waals surface area contributed by atoms with Crippen LogP contribution >= 0.6 is 27.5 Å². The third-order valence-electron chi connectivity index (χ3n) is 5.70. The van der Waals surface area contributed by atoms with Gasteiger partial charge in [-0.1, -0.05) is 40.5 Å². The molecule has 1 atom stereocenters. The highest BCUT2D eigenvalue weighted by molar-refractivity contribution is 9.09. The molecule has 178 valence electrons. The number of benzene rings is 2. The van der Waals surface area contributed by atoms with Crippen LogP contribution in [0.15, 0.2) is 36.4 Å². The van der Waals surface area contributed by atoms with Crippen molar-refractivity contribution in [1.29, 1.82) is 0 Å². The Labute approximate surface area is 208 Å². The maximum atomic E-state index is 12.9. The van der Waals surface area contributed by atoms with Crippen LogP contribution in [0.5, 0.6) is 5.75 Å². The second kappa shape index (κ2) is 12.4. The molecule has 2 aromatic rings. The maximum Gasteiger partial charge on any atom is 0.251 e. The first-order valence-electron chi connectivity index (χ1n) is 11.1. The number of halogens is 2. The molecule has 0 heterocycles. The molecule has 6 nitrogen and oxygen atoms in total. The van der Waals surface area contributed by atoms with Crippen molar-refractivity contribution in [1.82, 2.24) is 10.2 Å². The molecule has 0 saturated carbocycles. The minimum absolute atomic E-state index is 0.00321.